The second-order valence-electron chi connectivity index (χ2n) is 4.51. The van der Waals surface area contributed by atoms with Crippen LogP contribution in [0.1, 0.15) is 24.1 Å². The van der Waals surface area contributed by atoms with Crippen molar-refractivity contribution in [3.8, 4) is 11.5 Å². The first-order chi connectivity index (χ1) is 8.97. The zero-order valence-corrected chi connectivity index (χ0v) is 12.4. The van der Waals surface area contributed by atoms with Gasteiger partial charge in [0, 0.05) is 6.04 Å². The fourth-order valence-corrected chi connectivity index (χ4v) is 2.17. The lowest BCUT2D eigenvalue weighted by Crippen LogP contribution is -2.04. The van der Waals surface area contributed by atoms with E-state index in [1.165, 1.54) is 6.07 Å². The van der Waals surface area contributed by atoms with Gasteiger partial charge in [-0.1, -0.05) is 12.1 Å². The number of rotatable bonds is 3. The normalized spacial score (nSPS) is 12.3. The molecule has 0 aliphatic rings. The molecule has 2 N–H and O–H groups in total. The van der Waals surface area contributed by atoms with Crippen LogP contribution >= 0.6 is 15.9 Å². The molecule has 0 spiro atoms. The summed E-state index contributed by atoms with van der Waals surface area (Å²) in [4.78, 5) is 0. The Bertz CT molecular complexity index is 599. The van der Waals surface area contributed by atoms with Crippen molar-refractivity contribution in [3.05, 3.63) is 57.8 Å². The Morgan fingerprint density at radius 1 is 1.16 bits per heavy atom. The summed E-state index contributed by atoms with van der Waals surface area (Å²) in [6, 6.07) is 10.3. The lowest BCUT2D eigenvalue weighted by atomic mass is 10.1. The Morgan fingerprint density at radius 2 is 1.89 bits per heavy atom. The average molecular weight is 324 g/mol. The molecular weight excluding hydrogens is 309 g/mol. The van der Waals surface area contributed by atoms with Crippen molar-refractivity contribution < 1.29 is 9.13 Å². The molecule has 0 heterocycles. The van der Waals surface area contributed by atoms with Crippen molar-refractivity contribution in [2.45, 2.75) is 19.9 Å². The fraction of sp³-hybridized carbons (Fsp3) is 0.200. The maximum Gasteiger partial charge on any atom is 0.165 e. The highest BCUT2D eigenvalue weighted by atomic mass is 79.9. The lowest BCUT2D eigenvalue weighted by Gasteiger charge is -2.12. The second-order valence-corrected chi connectivity index (χ2v) is 5.37. The Kier molecular flexibility index (Phi) is 4.22. The van der Waals surface area contributed by atoms with Gasteiger partial charge >= 0.3 is 0 Å². The summed E-state index contributed by atoms with van der Waals surface area (Å²) < 4.78 is 20.0. The summed E-state index contributed by atoms with van der Waals surface area (Å²) in [7, 11) is 0. The van der Waals surface area contributed by atoms with Crippen LogP contribution in [0.3, 0.4) is 0 Å². The molecule has 0 amide bonds. The topological polar surface area (TPSA) is 35.2 Å². The molecule has 19 heavy (non-hydrogen) atoms. The van der Waals surface area contributed by atoms with Crippen LogP contribution < -0.4 is 10.5 Å². The Morgan fingerprint density at radius 3 is 2.53 bits per heavy atom. The number of benzene rings is 2. The van der Waals surface area contributed by atoms with Gasteiger partial charge in [0.1, 0.15) is 5.75 Å². The van der Waals surface area contributed by atoms with Crippen LogP contribution in [0.4, 0.5) is 4.39 Å². The number of hydrogen-bond donors (Lipinski definition) is 1. The van der Waals surface area contributed by atoms with Gasteiger partial charge in [-0.15, -0.1) is 0 Å². The zero-order valence-electron chi connectivity index (χ0n) is 10.8. The third kappa shape index (κ3) is 3.33. The van der Waals surface area contributed by atoms with E-state index in [9.17, 15) is 4.39 Å². The van der Waals surface area contributed by atoms with Crippen molar-refractivity contribution in [2.24, 2.45) is 5.73 Å². The van der Waals surface area contributed by atoms with E-state index in [1.54, 1.807) is 18.2 Å². The highest BCUT2D eigenvalue weighted by Crippen LogP contribution is 2.33. The standard InChI is InChI=1S/C15H15BrFNO/c1-9-3-5-13(17)15(7-9)19-14-6-4-11(10(2)18)8-12(14)16/h3-8,10H,18H2,1-2H3/t10-/m1/s1. The zero-order chi connectivity index (χ0) is 14.0. The first-order valence-corrected chi connectivity index (χ1v) is 6.75. The summed E-state index contributed by atoms with van der Waals surface area (Å²) >= 11 is 3.41. The molecule has 2 rings (SSSR count). The maximum atomic E-state index is 13.6. The van der Waals surface area contributed by atoms with E-state index >= 15 is 0 Å². The van der Waals surface area contributed by atoms with Crippen LogP contribution in [0.2, 0.25) is 0 Å². The van der Waals surface area contributed by atoms with E-state index in [4.69, 9.17) is 10.5 Å². The molecule has 2 aromatic carbocycles. The molecule has 2 nitrogen and oxygen atoms in total. The van der Waals surface area contributed by atoms with Gasteiger partial charge in [0.25, 0.3) is 0 Å². The number of nitrogens with two attached hydrogens (primary N) is 1. The quantitative estimate of drug-likeness (QED) is 0.887. The Balaban J connectivity index is 2.31. The summed E-state index contributed by atoms with van der Waals surface area (Å²) in [5.74, 6) is 0.400. The molecule has 0 aliphatic carbocycles. The van der Waals surface area contributed by atoms with Gasteiger partial charge in [0.15, 0.2) is 11.6 Å². The number of hydrogen-bond acceptors (Lipinski definition) is 2. The maximum absolute atomic E-state index is 13.6. The summed E-state index contributed by atoms with van der Waals surface area (Å²) in [6.07, 6.45) is 0. The molecule has 0 fully saturated rings. The summed E-state index contributed by atoms with van der Waals surface area (Å²) in [5.41, 5.74) is 7.74. The molecule has 4 heteroatoms. The van der Waals surface area contributed by atoms with E-state index in [0.29, 0.717) is 5.75 Å². The van der Waals surface area contributed by atoms with Crippen molar-refractivity contribution in [2.75, 3.05) is 0 Å². The molecular formula is C15H15BrFNO. The van der Waals surface area contributed by atoms with E-state index in [2.05, 4.69) is 15.9 Å². The minimum absolute atomic E-state index is 0.0546. The molecule has 0 unspecified atom stereocenters. The van der Waals surface area contributed by atoms with E-state index in [0.717, 1.165) is 15.6 Å². The van der Waals surface area contributed by atoms with Crippen molar-refractivity contribution in [1.82, 2.24) is 0 Å². The van der Waals surface area contributed by atoms with Crippen LogP contribution in [-0.4, -0.2) is 0 Å². The Labute approximate surface area is 120 Å². The van der Waals surface area contributed by atoms with Crippen LogP contribution in [0.25, 0.3) is 0 Å². The SMILES string of the molecule is Cc1ccc(F)c(Oc2ccc([C@@H](C)N)cc2Br)c1. The van der Waals surface area contributed by atoms with Crippen molar-refractivity contribution in [1.29, 1.82) is 0 Å². The van der Waals surface area contributed by atoms with E-state index in [-0.39, 0.29) is 17.6 Å². The number of halogens is 2. The second kappa shape index (κ2) is 5.72. The molecule has 0 saturated heterocycles. The molecule has 0 aromatic heterocycles. The minimum Gasteiger partial charge on any atom is -0.453 e. The van der Waals surface area contributed by atoms with Gasteiger partial charge in [-0.25, -0.2) is 4.39 Å². The van der Waals surface area contributed by atoms with Crippen molar-refractivity contribution >= 4 is 15.9 Å². The van der Waals surface area contributed by atoms with Crippen molar-refractivity contribution in [3.63, 3.8) is 0 Å². The highest BCUT2D eigenvalue weighted by Gasteiger charge is 2.09. The third-order valence-corrected chi connectivity index (χ3v) is 3.41. The lowest BCUT2D eigenvalue weighted by molar-refractivity contribution is 0.439. The third-order valence-electron chi connectivity index (χ3n) is 2.79. The monoisotopic (exact) mass is 323 g/mol. The largest absolute Gasteiger partial charge is 0.453 e. The van der Waals surface area contributed by atoms with Crippen LogP contribution in [-0.2, 0) is 0 Å². The van der Waals surface area contributed by atoms with Gasteiger partial charge in [0.05, 0.1) is 4.47 Å². The molecule has 100 valence electrons. The van der Waals surface area contributed by atoms with Crippen LogP contribution in [0, 0.1) is 12.7 Å². The van der Waals surface area contributed by atoms with Gasteiger partial charge in [-0.3, -0.25) is 0 Å². The first-order valence-electron chi connectivity index (χ1n) is 5.96. The predicted octanol–water partition coefficient (Wildman–Crippen LogP) is 4.71. The molecule has 0 bridgehead atoms. The van der Waals surface area contributed by atoms with Crippen LogP contribution in [0.15, 0.2) is 40.9 Å². The van der Waals surface area contributed by atoms with Gasteiger partial charge in [-0.05, 0) is 65.2 Å². The van der Waals surface area contributed by atoms with E-state index < -0.39 is 0 Å². The molecule has 2 aromatic rings. The fourth-order valence-electron chi connectivity index (χ4n) is 1.69. The molecule has 1 atom stereocenters. The van der Waals surface area contributed by atoms with Crippen LogP contribution in [0.5, 0.6) is 11.5 Å². The van der Waals surface area contributed by atoms with Gasteiger partial charge in [0.2, 0.25) is 0 Å². The van der Waals surface area contributed by atoms with Gasteiger partial charge in [-0.2, -0.15) is 0 Å². The van der Waals surface area contributed by atoms with E-state index in [1.807, 2.05) is 26.0 Å². The average Bonchev–Trinajstić information content (AvgIpc) is 2.36. The molecule has 0 radical (unpaired) electrons. The summed E-state index contributed by atoms with van der Waals surface area (Å²) in [6.45, 7) is 3.79. The van der Waals surface area contributed by atoms with Gasteiger partial charge < -0.3 is 10.5 Å². The smallest absolute Gasteiger partial charge is 0.165 e. The number of ether oxygens (including phenoxy) is 1. The molecule has 0 saturated carbocycles. The molecule has 0 aliphatic heterocycles. The summed E-state index contributed by atoms with van der Waals surface area (Å²) in [5, 5.41) is 0. The predicted molar refractivity (Wildman–Crippen MR) is 78.0 cm³/mol. The number of aryl methyl sites for hydroxylation is 1. The first kappa shape index (κ1) is 14.0. The Hall–Kier alpha value is -1.39. The highest BCUT2D eigenvalue weighted by molar-refractivity contribution is 9.10. The minimum atomic E-state index is -0.381.